The summed E-state index contributed by atoms with van der Waals surface area (Å²) in [7, 11) is 0. The summed E-state index contributed by atoms with van der Waals surface area (Å²) >= 11 is 0. The van der Waals surface area contributed by atoms with Crippen molar-refractivity contribution in [3.05, 3.63) is 65.7 Å². The van der Waals surface area contributed by atoms with Gasteiger partial charge in [0, 0.05) is 30.0 Å². The number of nitrogens with zero attached hydrogens (tertiary/aromatic N) is 2. The standard InChI is InChI=1S/C26H25F2N3O6/c27-14-6-9-19(17(28)10-14)31-24(34)16-8-7-15-18(11-20(32)23(33)21(15)22(16)25(31)35)29-30-26(36)37-12-13-4-2-1-3-5-13/h1-6,9-10,15-16,20-23,32-33H,7-8,11-12H2,(H,30,36)/b29-18-/t15-,16-,20-,21+,22+,23-/m1/s1. The minimum atomic E-state index is -1.34. The van der Waals surface area contributed by atoms with Crippen LogP contribution in [0.2, 0.25) is 0 Å². The zero-order valence-electron chi connectivity index (χ0n) is 19.6. The van der Waals surface area contributed by atoms with Crippen LogP contribution in [0.4, 0.5) is 19.3 Å². The fourth-order valence-corrected chi connectivity index (χ4v) is 5.77. The van der Waals surface area contributed by atoms with Crippen LogP contribution in [-0.4, -0.2) is 46.0 Å². The molecule has 9 nitrogen and oxygen atoms in total. The molecule has 0 radical (unpaired) electrons. The molecular formula is C26H25F2N3O6. The lowest BCUT2D eigenvalue weighted by Crippen LogP contribution is -2.55. The van der Waals surface area contributed by atoms with Gasteiger partial charge in [0.05, 0.1) is 29.7 Å². The fraction of sp³-hybridized carbons (Fsp3) is 0.385. The number of amides is 3. The molecule has 0 bridgehead atoms. The Hall–Kier alpha value is -3.70. The third kappa shape index (κ3) is 4.60. The molecular weight excluding hydrogens is 488 g/mol. The van der Waals surface area contributed by atoms with Crippen LogP contribution in [0.15, 0.2) is 53.6 Å². The zero-order valence-corrected chi connectivity index (χ0v) is 19.6. The second-order valence-corrected chi connectivity index (χ2v) is 9.54. The number of anilines is 1. The predicted molar refractivity (Wildman–Crippen MR) is 126 cm³/mol. The first kappa shape index (κ1) is 25.0. The second kappa shape index (κ2) is 9.98. The van der Waals surface area contributed by atoms with Gasteiger partial charge in [-0.25, -0.2) is 23.9 Å². The van der Waals surface area contributed by atoms with E-state index >= 15 is 0 Å². The van der Waals surface area contributed by atoms with Crippen molar-refractivity contribution in [1.82, 2.24) is 5.43 Å². The molecule has 37 heavy (non-hydrogen) atoms. The second-order valence-electron chi connectivity index (χ2n) is 9.54. The Bertz CT molecular complexity index is 1260. The first-order valence-electron chi connectivity index (χ1n) is 12.0. The largest absolute Gasteiger partial charge is 0.443 e. The van der Waals surface area contributed by atoms with Crippen LogP contribution < -0.4 is 10.3 Å². The van der Waals surface area contributed by atoms with Gasteiger partial charge in [-0.3, -0.25) is 9.59 Å². The highest BCUT2D eigenvalue weighted by molar-refractivity contribution is 6.22. The number of carbonyl (C=O) groups excluding carboxylic acids is 3. The van der Waals surface area contributed by atoms with E-state index in [4.69, 9.17) is 4.74 Å². The molecule has 0 aromatic heterocycles. The summed E-state index contributed by atoms with van der Waals surface area (Å²) in [5.74, 6) is -6.51. The minimum absolute atomic E-state index is 0.0288. The van der Waals surface area contributed by atoms with E-state index in [0.717, 1.165) is 17.7 Å². The van der Waals surface area contributed by atoms with Crippen molar-refractivity contribution in [3.8, 4) is 0 Å². The van der Waals surface area contributed by atoms with Crippen LogP contribution in [0.25, 0.3) is 0 Å². The van der Waals surface area contributed by atoms with E-state index in [-0.39, 0.29) is 25.1 Å². The Morgan fingerprint density at radius 1 is 1.05 bits per heavy atom. The van der Waals surface area contributed by atoms with E-state index < -0.39 is 65.4 Å². The number of carbonyl (C=O) groups is 3. The summed E-state index contributed by atoms with van der Waals surface area (Å²) in [6, 6.07) is 11.6. The zero-order chi connectivity index (χ0) is 26.3. The van der Waals surface area contributed by atoms with Gasteiger partial charge in [0.1, 0.15) is 18.2 Å². The summed E-state index contributed by atoms with van der Waals surface area (Å²) in [5.41, 5.74) is 3.10. The molecule has 0 unspecified atom stereocenters. The molecule has 3 aliphatic rings. The van der Waals surface area contributed by atoms with E-state index in [1.807, 2.05) is 18.2 Å². The molecule has 2 saturated carbocycles. The van der Waals surface area contributed by atoms with Gasteiger partial charge in [-0.15, -0.1) is 0 Å². The van der Waals surface area contributed by atoms with E-state index in [9.17, 15) is 33.4 Å². The molecule has 3 amide bonds. The van der Waals surface area contributed by atoms with E-state index in [1.165, 1.54) is 0 Å². The highest BCUT2D eigenvalue weighted by Crippen LogP contribution is 2.50. The quantitative estimate of drug-likeness (QED) is 0.426. The third-order valence-corrected chi connectivity index (χ3v) is 7.43. The van der Waals surface area contributed by atoms with Crippen molar-refractivity contribution in [3.63, 3.8) is 0 Å². The van der Waals surface area contributed by atoms with Crippen molar-refractivity contribution in [1.29, 1.82) is 0 Å². The summed E-state index contributed by atoms with van der Waals surface area (Å²) in [5, 5.41) is 25.5. The lowest BCUT2D eigenvalue weighted by Gasteiger charge is -2.45. The molecule has 1 aliphatic heterocycles. The van der Waals surface area contributed by atoms with Gasteiger partial charge in [-0.1, -0.05) is 30.3 Å². The number of hydrazone groups is 1. The van der Waals surface area contributed by atoms with Gasteiger partial charge in [-0.2, -0.15) is 5.10 Å². The molecule has 2 aromatic carbocycles. The smallest absolute Gasteiger partial charge is 0.428 e. The van der Waals surface area contributed by atoms with Gasteiger partial charge in [0.2, 0.25) is 11.8 Å². The Kier molecular flexibility index (Phi) is 6.74. The number of fused-ring (bicyclic) bond motifs is 3. The van der Waals surface area contributed by atoms with Crippen LogP contribution in [0, 0.1) is 35.3 Å². The molecule has 1 saturated heterocycles. The molecule has 6 atom stereocenters. The number of aliphatic hydroxyl groups is 2. The number of imide groups is 1. The lowest BCUT2D eigenvalue weighted by molar-refractivity contribution is -0.132. The molecule has 3 fully saturated rings. The highest BCUT2D eigenvalue weighted by Gasteiger charge is 2.60. The van der Waals surface area contributed by atoms with Gasteiger partial charge < -0.3 is 14.9 Å². The number of aliphatic hydroxyl groups excluding tert-OH is 2. The van der Waals surface area contributed by atoms with Gasteiger partial charge in [0.15, 0.2) is 0 Å². The van der Waals surface area contributed by atoms with Gasteiger partial charge >= 0.3 is 6.09 Å². The maximum Gasteiger partial charge on any atom is 0.428 e. The Morgan fingerprint density at radius 2 is 1.78 bits per heavy atom. The number of rotatable bonds is 4. The molecule has 5 rings (SSSR count). The van der Waals surface area contributed by atoms with Gasteiger partial charge in [-0.05, 0) is 30.5 Å². The average molecular weight is 513 g/mol. The number of hydrogen-bond acceptors (Lipinski definition) is 7. The van der Waals surface area contributed by atoms with E-state index in [1.54, 1.807) is 12.1 Å². The maximum atomic E-state index is 14.5. The maximum absolute atomic E-state index is 14.5. The fourth-order valence-electron chi connectivity index (χ4n) is 5.77. The van der Waals surface area contributed by atoms with Crippen molar-refractivity contribution >= 4 is 29.3 Å². The number of nitrogens with one attached hydrogen (secondary N) is 1. The number of hydrogen-bond donors (Lipinski definition) is 3. The Labute approximate surface area is 210 Å². The minimum Gasteiger partial charge on any atom is -0.443 e. The topological polar surface area (TPSA) is 129 Å². The predicted octanol–water partition coefficient (Wildman–Crippen LogP) is 2.50. The SMILES string of the molecule is O=C(N/N=C1/C[C@@H](O)[C@@H](O)[C@@H]2[C@H]3C(=O)N(c4ccc(F)cc4F)C(=O)[C@@H]3CC[C@H]12)OCc1ccccc1. The first-order chi connectivity index (χ1) is 17.8. The molecule has 2 aliphatic carbocycles. The van der Waals surface area contributed by atoms with E-state index in [0.29, 0.717) is 23.1 Å². The number of halogens is 2. The average Bonchev–Trinajstić information content (AvgIpc) is 3.14. The van der Waals surface area contributed by atoms with Crippen LogP contribution >= 0.6 is 0 Å². The van der Waals surface area contributed by atoms with Crippen LogP contribution in [0.3, 0.4) is 0 Å². The first-order valence-corrected chi connectivity index (χ1v) is 12.0. The third-order valence-electron chi connectivity index (χ3n) is 7.43. The summed E-state index contributed by atoms with van der Waals surface area (Å²) in [6.07, 6.45) is -2.87. The number of benzene rings is 2. The highest BCUT2D eigenvalue weighted by atomic mass is 19.1. The van der Waals surface area contributed by atoms with Crippen LogP contribution in [0.1, 0.15) is 24.8 Å². The van der Waals surface area contributed by atoms with Crippen molar-refractivity contribution < 1.29 is 38.1 Å². The molecule has 1 heterocycles. The van der Waals surface area contributed by atoms with Crippen molar-refractivity contribution in [2.24, 2.45) is 28.8 Å². The Balaban J connectivity index is 1.35. The Morgan fingerprint density at radius 3 is 2.51 bits per heavy atom. The molecule has 2 aromatic rings. The van der Waals surface area contributed by atoms with Crippen molar-refractivity contribution in [2.45, 2.75) is 38.1 Å². The van der Waals surface area contributed by atoms with Crippen LogP contribution in [-0.2, 0) is 20.9 Å². The number of ether oxygens (including phenoxy) is 1. The van der Waals surface area contributed by atoms with Gasteiger partial charge in [0.25, 0.3) is 0 Å². The summed E-state index contributed by atoms with van der Waals surface area (Å²) in [4.78, 5) is 39.4. The summed E-state index contributed by atoms with van der Waals surface area (Å²) in [6.45, 7) is 0.0288. The van der Waals surface area contributed by atoms with E-state index in [2.05, 4.69) is 10.5 Å². The van der Waals surface area contributed by atoms with Crippen LogP contribution in [0.5, 0.6) is 0 Å². The molecule has 0 spiro atoms. The van der Waals surface area contributed by atoms with Crippen molar-refractivity contribution in [2.75, 3.05) is 4.90 Å². The molecule has 11 heteroatoms. The molecule has 194 valence electrons. The monoisotopic (exact) mass is 513 g/mol. The normalized spacial score (nSPS) is 30.2. The summed E-state index contributed by atoms with van der Waals surface area (Å²) < 4.78 is 33.0. The lowest BCUT2D eigenvalue weighted by atomic mass is 9.60. The molecule has 3 N–H and O–H groups in total.